The van der Waals surface area contributed by atoms with Crippen LogP contribution in [0.1, 0.15) is 48.3 Å². The van der Waals surface area contributed by atoms with Gasteiger partial charge < -0.3 is 29.0 Å². The number of aromatic nitrogens is 1. The van der Waals surface area contributed by atoms with Gasteiger partial charge in [-0.05, 0) is 73.1 Å². The summed E-state index contributed by atoms with van der Waals surface area (Å²) >= 11 is 0. The summed E-state index contributed by atoms with van der Waals surface area (Å²) in [5.41, 5.74) is 3.93. The predicted octanol–water partition coefficient (Wildman–Crippen LogP) is 6.04. The van der Waals surface area contributed by atoms with E-state index >= 15 is 0 Å². The summed E-state index contributed by atoms with van der Waals surface area (Å²) < 4.78 is 23.2. The molecular weight excluding hydrogens is 526 g/mol. The van der Waals surface area contributed by atoms with E-state index in [9.17, 15) is 14.7 Å². The van der Waals surface area contributed by atoms with Crippen LogP contribution in [0.25, 0.3) is 11.3 Å². The van der Waals surface area contributed by atoms with Crippen molar-refractivity contribution in [2.45, 2.75) is 44.8 Å². The van der Waals surface area contributed by atoms with Gasteiger partial charge in [-0.25, -0.2) is 14.6 Å². The number of carbonyl (C=O) groups excluding carboxylic acids is 1. The molecule has 1 saturated heterocycles. The number of cyclic esters (lactones) is 1. The zero-order valence-corrected chi connectivity index (χ0v) is 22.9. The fourth-order valence-electron chi connectivity index (χ4n) is 5.39. The average Bonchev–Trinajstić information content (AvgIpc) is 3.83. The summed E-state index contributed by atoms with van der Waals surface area (Å²) in [4.78, 5) is 30.3. The number of benzene rings is 2. The molecule has 1 saturated carbocycles. The van der Waals surface area contributed by atoms with E-state index in [0.717, 1.165) is 48.1 Å². The van der Waals surface area contributed by atoms with Gasteiger partial charge in [0, 0.05) is 24.6 Å². The van der Waals surface area contributed by atoms with Gasteiger partial charge >= 0.3 is 12.2 Å². The number of amides is 2. The van der Waals surface area contributed by atoms with Crippen LogP contribution in [0.2, 0.25) is 0 Å². The summed E-state index contributed by atoms with van der Waals surface area (Å²) in [5, 5.41) is 12.4. The third-order valence-corrected chi connectivity index (χ3v) is 7.83. The Hall–Kier alpha value is -4.47. The number of methoxy groups -OCH3 is 1. The number of hydrogen-bond acceptors (Lipinski definition) is 7. The summed E-state index contributed by atoms with van der Waals surface area (Å²) in [6.07, 6.45) is 2.35. The maximum atomic E-state index is 12.2. The molecule has 10 heteroatoms. The molecule has 3 aromatic rings. The molecular formula is C31H33N3O7. The van der Waals surface area contributed by atoms with Crippen LogP contribution in [0.5, 0.6) is 17.2 Å². The van der Waals surface area contributed by atoms with Crippen molar-refractivity contribution in [3.8, 4) is 28.5 Å². The number of hydrogen-bond donors (Lipinski definition) is 2. The number of rotatable bonds is 9. The van der Waals surface area contributed by atoms with Gasteiger partial charge in [-0.2, -0.15) is 0 Å². The summed E-state index contributed by atoms with van der Waals surface area (Å²) in [5.74, 6) is 2.90. The Kier molecular flexibility index (Phi) is 7.54. The zero-order chi connectivity index (χ0) is 28.3. The highest BCUT2D eigenvalue weighted by Gasteiger charge is 2.31. The van der Waals surface area contributed by atoms with Gasteiger partial charge in [0.05, 0.1) is 25.0 Å². The molecule has 10 nitrogen and oxygen atoms in total. The van der Waals surface area contributed by atoms with Crippen LogP contribution in [0.4, 0.5) is 15.4 Å². The molecule has 2 aromatic carbocycles. The molecule has 41 heavy (non-hydrogen) atoms. The van der Waals surface area contributed by atoms with Crippen molar-refractivity contribution in [1.82, 2.24) is 9.88 Å². The third-order valence-electron chi connectivity index (χ3n) is 7.83. The monoisotopic (exact) mass is 559 g/mol. The summed E-state index contributed by atoms with van der Waals surface area (Å²) in [6, 6.07) is 15.4. The number of anilines is 1. The highest BCUT2D eigenvalue weighted by molar-refractivity contribution is 5.88. The molecule has 1 aliphatic carbocycles. The minimum absolute atomic E-state index is 0.0721. The number of carbonyl (C=O) groups is 2. The first-order valence-electron chi connectivity index (χ1n) is 14.0. The van der Waals surface area contributed by atoms with Gasteiger partial charge in [0.2, 0.25) is 0 Å². The van der Waals surface area contributed by atoms with Crippen LogP contribution in [-0.2, 0) is 18.0 Å². The van der Waals surface area contributed by atoms with Gasteiger partial charge in [0.15, 0.2) is 0 Å². The minimum atomic E-state index is -0.935. The maximum Gasteiger partial charge on any atom is 0.413 e. The number of fused-ring (bicyclic) bond motifs is 1. The first-order chi connectivity index (χ1) is 20.0. The molecule has 0 spiro atoms. The van der Waals surface area contributed by atoms with Crippen molar-refractivity contribution in [2.75, 3.05) is 32.1 Å². The highest BCUT2D eigenvalue weighted by atomic mass is 16.6. The van der Waals surface area contributed by atoms with E-state index in [2.05, 4.69) is 5.32 Å². The first-order valence-corrected chi connectivity index (χ1v) is 14.0. The molecule has 2 aliphatic heterocycles. The van der Waals surface area contributed by atoms with E-state index in [4.69, 9.17) is 23.9 Å². The van der Waals surface area contributed by atoms with E-state index in [0.29, 0.717) is 60.8 Å². The van der Waals surface area contributed by atoms with E-state index < -0.39 is 12.2 Å². The molecule has 3 aliphatic rings. The number of carboxylic acid groups (broad SMARTS) is 1. The van der Waals surface area contributed by atoms with Crippen LogP contribution in [0.15, 0.2) is 48.5 Å². The van der Waals surface area contributed by atoms with Crippen molar-refractivity contribution in [1.29, 1.82) is 0 Å². The molecule has 1 atom stereocenters. The Labute approximate surface area is 238 Å². The Morgan fingerprint density at radius 3 is 2.63 bits per heavy atom. The smallest absolute Gasteiger partial charge is 0.413 e. The van der Waals surface area contributed by atoms with E-state index in [-0.39, 0.29) is 12.5 Å². The van der Waals surface area contributed by atoms with Crippen molar-refractivity contribution < 1.29 is 33.6 Å². The van der Waals surface area contributed by atoms with Crippen molar-refractivity contribution in [3.05, 3.63) is 65.2 Å². The number of piperidine rings is 1. The number of likely N-dealkylation sites (tertiary alicyclic amines) is 1. The number of pyridine rings is 1. The van der Waals surface area contributed by atoms with Gasteiger partial charge in [-0.3, -0.25) is 5.32 Å². The minimum Gasteiger partial charge on any atom is -0.497 e. The molecule has 0 unspecified atom stereocenters. The summed E-state index contributed by atoms with van der Waals surface area (Å²) in [7, 11) is 1.63. The van der Waals surface area contributed by atoms with Crippen LogP contribution in [-0.4, -0.2) is 54.0 Å². The summed E-state index contributed by atoms with van der Waals surface area (Å²) in [6.45, 7) is 1.86. The van der Waals surface area contributed by atoms with Crippen LogP contribution in [0, 0.1) is 5.92 Å². The maximum absolute atomic E-state index is 12.2. The van der Waals surface area contributed by atoms with Crippen LogP contribution < -0.4 is 19.5 Å². The molecule has 2 fully saturated rings. The lowest BCUT2D eigenvalue weighted by Gasteiger charge is -2.33. The molecule has 3 heterocycles. The quantitative estimate of drug-likeness (QED) is 0.325. The second-order valence-electron chi connectivity index (χ2n) is 10.7. The molecule has 0 bridgehead atoms. The normalized spacial score (nSPS) is 18.1. The molecule has 6 rings (SSSR count). The van der Waals surface area contributed by atoms with Gasteiger partial charge in [-0.15, -0.1) is 0 Å². The van der Waals surface area contributed by atoms with Crippen molar-refractivity contribution in [2.24, 2.45) is 5.92 Å². The highest BCUT2D eigenvalue weighted by Crippen LogP contribution is 2.43. The van der Waals surface area contributed by atoms with Gasteiger partial charge in [0.25, 0.3) is 0 Å². The van der Waals surface area contributed by atoms with Crippen LogP contribution >= 0.6 is 0 Å². The van der Waals surface area contributed by atoms with Crippen molar-refractivity contribution in [3.63, 3.8) is 0 Å². The number of nitrogens with zero attached hydrogens (tertiary/aromatic N) is 2. The topological polar surface area (TPSA) is 119 Å². The van der Waals surface area contributed by atoms with Crippen molar-refractivity contribution >= 4 is 18.0 Å². The Morgan fingerprint density at radius 2 is 1.90 bits per heavy atom. The predicted molar refractivity (Wildman–Crippen MR) is 151 cm³/mol. The zero-order valence-electron chi connectivity index (χ0n) is 22.9. The first kappa shape index (κ1) is 26.7. The lowest BCUT2D eigenvalue weighted by atomic mass is 9.87. The van der Waals surface area contributed by atoms with Crippen LogP contribution in [0.3, 0.4) is 0 Å². The second kappa shape index (κ2) is 11.6. The fourth-order valence-corrected chi connectivity index (χ4v) is 5.39. The molecule has 214 valence electrons. The Balaban J connectivity index is 1.40. The fraction of sp³-hybridized carbons (Fsp3) is 0.387. The average molecular weight is 560 g/mol. The van der Waals surface area contributed by atoms with E-state index in [1.165, 1.54) is 4.90 Å². The van der Waals surface area contributed by atoms with E-state index in [1.54, 1.807) is 7.11 Å². The third kappa shape index (κ3) is 6.01. The SMILES string of the molecule is COc1ccc(COc2cccc(OCC3CC3)c2-c2cc([C@H]3CCCN(C(=O)O)C3)c3c(n2)NC(=O)OC3)cc1. The lowest BCUT2D eigenvalue weighted by molar-refractivity contribution is 0.130. The Bertz CT molecular complexity index is 1440. The Morgan fingerprint density at radius 1 is 1.12 bits per heavy atom. The number of ether oxygens (including phenoxy) is 4. The van der Waals surface area contributed by atoms with E-state index in [1.807, 2.05) is 48.5 Å². The molecule has 1 aromatic heterocycles. The second-order valence-corrected chi connectivity index (χ2v) is 10.7. The van der Waals surface area contributed by atoms with Gasteiger partial charge in [-0.1, -0.05) is 18.2 Å². The largest absolute Gasteiger partial charge is 0.497 e. The van der Waals surface area contributed by atoms with Gasteiger partial charge in [0.1, 0.15) is 36.3 Å². The number of nitrogens with one attached hydrogen (secondary N) is 1. The lowest BCUT2D eigenvalue weighted by Crippen LogP contribution is -2.38. The molecule has 2 amide bonds. The molecule has 0 radical (unpaired) electrons. The molecule has 2 N–H and O–H groups in total. The standard InChI is InChI=1S/C31H33N3O7/c1-38-22-11-9-20(10-12-22)17-40-27-6-2-5-26(39-16-19-7-8-19)28(27)25-14-23(21-4-3-13-34(15-21)31(36)37)24-18-41-30(35)33-29(24)32-25/h2,5-6,9-12,14,19,21H,3-4,7-8,13,15-18H2,1H3,(H,36,37)(H,32,33,35)/t21-/m0/s1.